The number of rotatable bonds is 6. The predicted octanol–water partition coefficient (Wildman–Crippen LogP) is 2.54. The van der Waals surface area contributed by atoms with E-state index in [4.69, 9.17) is 4.52 Å². The van der Waals surface area contributed by atoms with Gasteiger partial charge in [0.15, 0.2) is 0 Å². The van der Waals surface area contributed by atoms with Gasteiger partial charge in [-0.25, -0.2) is 0 Å². The van der Waals surface area contributed by atoms with E-state index in [1.165, 1.54) is 0 Å². The predicted molar refractivity (Wildman–Crippen MR) is 88.2 cm³/mol. The fourth-order valence-corrected chi connectivity index (χ4v) is 2.60. The molecule has 2 aromatic rings. The first-order valence-electron chi connectivity index (χ1n) is 7.79. The summed E-state index contributed by atoms with van der Waals surface area (Å²) in [6.07, 6.45) is 4.82. The molecule has 1 aliphatic rings. The van der Waals surface area contributed by atoms with Crippen molar-refractivity contribution in [2.24, 2.45) is 5.10 Å². The number of aromatic nitrogens is 1. The standard InChI is InChI=1S/C17H20N4O2/c1-21-14(9-11-19-21)8-5-10-18-17(22)16-12-15(20-23-16)13-6-3-2-4-7-13/h2-4,6-7,11-12,14H,5,8-10H2,1H3,(H,18,22). The molecule has 1 atom stereocenters. The molecule has 0 saturated carbocycles. The Bertz CT molecular complexity index is 681. The molecule has 0 fully saturated rings. The van der Waals surface area contributed by atoms with Crippen LogP contribution in [-0.2, 0) is 0 Å². The Morgan fingerprint density at radius 1 is 1.39 bits per heavy atom. The van der Waals surface area contributed by atoms with Crippen molar-refractivity contribution in [3.8, 4) is 11.3 Å². The van der Waals surface area contributed by atoms with E-state index in [9.17, 15) is 4.79 Å². The molecular weight excluding hydrogens is 292 g/mol. The highest BCUT2D eigenvalue weighted by Crippen LogP contribution is 2.18. The van der Waals surface area contributed by atoms with Crippen LogP contribution in [0.25, 0.3) is 11.3 Å². The monoisotopic (exact) mass is 312 g/mol. The van der Waals surface area contributed by atoms with E-state index in [-0.39, 0.29) is 11.7 Å². The summed E-state index contributed by atoms with van der Waals surface area (Å²) >= 11 is 0. The molecule has 0 spiro atoms. The van der Waals surface area contributed by atoms with Crippen LogP contribution < -0.4 is 5.32 Å². The maximum atomic E-state index is 12.1. The van der Waals surface area contributed by atoms with E-state index < -0.39 is 0 Å². The molecule has 1 aliphatic heterocycles. The summed E-state index contributed by atoms with van der Waals surface area (Å²) in [4.78, 5) is 12.1. The Morgan fingerprint density at radius 2 is 2.22 bits per heavy atom. The molecule has 1 aromatic carbocycles. The van der Waals surface area contributed by atoms with Gasteiger partial charge in [0.2, 0.25) is 5.76 Å². The van der Waals surface area contributed by atoms with Crippen LogP contribution in [0.15, 0.2) is 46.0 Å². The lowest BCUT2D eigenvalue weighted by atomic mass is 10.1. The van der Waals surface area contributed by atoms with Gasteiger partial charge in [0.1, 0.15) is 5.69 Å². The van der Waals surface area contributed by atoms with Crippen LogP contribution in [0.3, 0.4) is 0 Å². The lowest BCUT2D eigenvalue weighted by Gasteiger charge is -2.18. The SMILES string of the molecule is CN1N=CCC1CCCNC(=O)c1cc(-c2ccccc2)no1. The minimum atomic E-state index is -0.226. The van der Waals surface area contributed by atoms with E-state index in [0.717, 1.165) is 24.8 Å². The first-order valence-corrected chi connectivity index (χ1v) is 7.79. The molecule has 0 aliphatic carbocycles. The average Bonchev–Trinajstić information content (AvgIpc) is 3.22. The van der Waals surface area contributed by atoms with Gasteiger partial charge in [-0.1, -0.05) is 35.5 Å². The Kier molecular flexibility index (Phi) is 4.71. The van der Waals surface area contributed by atoms with Crippen molar-refractivity contribution in [1.29, 1.82) is 0 Å². The third kappa shape index (κ3) is 3.77. The highest BCUT2D eigenvalue weighted by molar-refractivity contribution is 5.92. The first kappa shape index (κ1) is 15.3. The molecule has 0 radical (unpaired) electrons. The normalized spacial score (nSPS) is 16.7. The number of hydrazone groups is 1. The molecule has 1 unspecified atom stereocenters. The number of benzene rings is 1. The Morgan fingerprint density at radius 3 is 2.96 bits per heavy atom. The number of hydrogen-bond donors (Lipinski definition) is 1. The molecule has 3 rings (SSSR count). The van der Waals surface area contributed by atoms with Crippen LogP contribution in [0.2, 0.25) is 0 Å². The maximum Gasteiger partial charge on any atom is 0.289 e. The number of hydrogen-bond acceptors (Lipinski definition) is 5. The molecule has 6 heteroatoms. The third-order valence-corrected chi connectivity index (χ3v) is 3.97. The van der Waals surface area contributed by atoms with Gasteiger partial charge < -0.3 is 9.84 Å². The smallest absolute Gasteiger partial charge is 0.289 e. The van der Waals surface area contributed by atoms with Gasteiger partial charge in [-0.15, -0.1) is 0 Å². The summed E-state index contributed by atoms with van der Waals surface area (Å²) < 4.78 is 5.14. The molecule has 1 aromatic heterocycles. The molecular formula is C17H20N4O2. The second kappa shape index (κ2) is 7.09. The van der Waals surface area contributed by atoms with E-state index >= 15 is 0 Å². The lowest BCUT2D eigenvalue weighted by Crippen LogP contribution is -2.27. The minimum absolute atomic E-state index is 0.226. The maximum absolute atomic E-state index is 12.1. The van der Waals surface area contributed by atoms with Crippen LogP contribution in [-0.4, -0.2) is 41.9 Å². The quantitative estimate of drug-likeness (QED) is 0.832. The van der Waals surface area contributed by atoms with E-state index in [2.05, 4.69) is 15.6 Å². The van der Waals surface area contributed by atoms with Crippen LogP contribution in [0.1, 0.15) is 29.8 Å². The van der Waals surface area contributed by atoms with Crippen LogP contribution >= 0.6 is 0 Å². The summed E-state index contributed by atoms with van der Waals surface area (Å²) in [6.45, 7) is 0.616. The summed E-state index contributed by atoms with van der Waals surface area (Å²) in [5.74, 6) is 0.0147. The van der Waals surface area contributed by atoms with Crippen molar-refractivity contribution < 1.29 is 9.32 Å². The van der Waals surface area contributed by atoms with Crippen LogP contribution in [0.4, 0.5) is 0 Å². The molecule has 6 nitrogen and oxygen atoms in total. The highest BCUT2D eigenvalue weighted by Gasteiger charge is 2.17. The summed E-state index contributed by atoms with van der Waals surface area (Å²) in [6, 6.07) is 11.8. The van der Waals surface area contributed by atoms with Gasteiger partial charge in [-0.2, -0.15) is 5.10 Å². The Balaban J connectivity index is 1.46. The molecule has 120 valence electrons. The number of carbonyl (C=O) groups excluding carboxylic acids is 1. The van der Waals surface area contributed by atoms with Crippen molar-refractivity contribution in [1.82, 2.24) is 15.5 Å². The van der Waals surface area contributed by atoms with Crippen LogP contribution in [0, 0.1) is 0 Å². The van der Waals surface area contributed by atoms with E-state index in [1.807, 2.05) is 48.6 Å². The van der Waals surface area contributed by atoms with Gasteiger partial charge in [-0.05, 0) is 12.8 Å². The van der Waals surface area contributed by atoms with Gasteiger partial charge in [0.05, 0.1) is 6.04 Å². The zero-order valence-corrected chi connectivity index (χ0v) is 13.1. The molecule has 23 heavy (non-hydrogen) atoms. The van der Waals surface area contributed by atoms with E-state index in [1.54, 1.807) is 6.07 Å². The fraction of sp³-hybridized carbons (Fsp3) is 0.353. The average molecular weight is 312 g/mol. The molecule has 0 bridgehead atoms. The van der Waals surface area contributed by atoms with E-state index in [0.29, 0.717) is 18.3 Å². The van der Waals surface area contributed by atoms with Crippen molar-refractivity contribution in [3.05, 3.63) is 42.2 Å². The van der Waals surface area contributed by atoms with Crippen molar-refractivity contribution >= 4 is 12.1 Å². The zero-order chi connectivity index (χ0) is 16.1. The first-order chi connectivity index (χ1) is 11.2. The number of nitrogens with one attached hydrogen (secondary N) is 1. The second-order valence-electron chi connectivity index (χ2n) is 5.60. The summed E-state index contributed by atoms with van der Waals surface area (Å²) in [5.41, 5.74) is 1.60. The Labute approximate surface area is 135 Å². The van der Waals surface area contributed by atoms with Gasteiger partial charge in [0, 0.05) is 37.9 Å². The van der Waals surface area contributed by atoms with Gasteiger partial charge in [-0.3, -0.25) is 9.80 Å². The lowest BCUT2D eigenvalue weighted by molar-refractivity contribution is 0.0915. The third-order valence-electron chi connectivity index (χ3n) is 3.97. The van der Waals surface area contributed by atoms with Crippen molar-refractivity contribution in [2.75, 3.05) is 13.6 Å². The molecule has 1 amide bonds. The second-order valence-corrected chi connectivity index (χ2v) is 5.60. The highest BCUT2D eigenvalue weighted by atomic mass is 16.5. The zero-order valence-electron chi connectivity index (χ0n) is 13.1. The fourth-order valence-electron chi connectivity index (χ4n) is 2.60. The topological polar surface area (TPSA) is 70.7 Å². The number of carbonyl (C=O) groups is 1. The number of amides is 1. The van der Waals surface area contributed by atoms with Crippen molar-refractivity contribution in [3.63, 3.8) is 0 Å². The summed E-state index contributed by atoms with van der Waals surface area (Å²) in [7, 11) is 1.98. The largest absolute Gasteiger partial charge is 0.350 e. The van der Waals surface area contributed by atoms with Gasteiger partial charge >= 0.3 is 0 Å². The molecule has 1 N–H and O–H groups in total. The molecule has 0 saturated heterocycles. The van der Waals surface area contributed by atoms with Gasteiger partial charge in [0.25, 0.3) is 5.91 Å². The number of nitrogens with zero attached hydrogens (tertiary/aromatic N) is 3. The minimum Gasteiger partial charge on any atom is -0.350 e. The van der Waals surface area contributed by atoms with Crippen LogP contribution in [0.5, 0.6) is 0 Å². The summed E-state index contributed by atoms with van der Waals surface area (Å²) in [5, 5.41) is 13.0. The molecule has 2 heterocycles. The Hall–Kier alpha value is -2.63. The van der Waals surface area contributed by atoms with Crippen molar-refractivity contribution in [2.45, 2.75) is 25.3 Å².